The molecule has 594 valence electrons. The first-order chi connectivity index (χ1) is 48.7. The monoisotopic (exact) mass is 1470 g/mol. The van der Waals surface area contributed by atoms with Gasteiger partial charge in [0.2, 0.25) is 0 Å². The third-order valence-electron chi connectivity index (χ3n) is 19.1. The lowest BCUT2D eigenvalue weighted by Crippen LogP contribution is -2.30. The summed E-state index contributed by atoms with van der Waals surface area (Å²) < 4.78 is 68.5. The van der Waals surface area contributed by atoms with E-state index in [0.717, 1.165) is 96.3 Å². The molecule has 0 saturated heterocycles. The van der Waals surface area contributed by atoms with Gasteiger partial charge < -0.3 is 33.8 Å². The Labute approximate surface area is 613 Å². The Balaban J connectivity index is 5.10. The van der Waals surface area contributed by atoms with Gasteiger partial charge in [0.05, 0.1) is 26.4 Å². The quantitative estimate of drug-likeness (QED) is 0.0222. The molecule has 19 heteroatoms. The Morgan fingerprint density at radius 2 is 0.400 bits per heavy atom. The van der Waals surface area contributed by atoms with E-state index in [-0.39, 0.29) is 25.7 Å². The first-order valence-corrected chi connectivity index (χ1v) is 45.3. The van der Waals surface area contributed by atoms with Crippen LogP contribution in [0.3, 0.4) is 0 Å². The summed E-state index contributed by atoms with van der Waals surface area (Å²) in [6.45, 7) is 4.94. The molecule has 0 aromatic rings. The van der Waals surface area contributed by atoms with Gasteiger partial charge in [-0.25, -0.2) is 9.13 Å². The molecule has 0 radical (unpaired) electrons. The maximum absolute atomic E-state index is 13.1. The fourth-order valence-electron chi connectivity index (χ4n) is 12.6. The number of phosphoric ester groups is 2. The van der Waals surface area contributed by atoms with Crippen molar-refractivity contribution in [3.63, 3.8) is 0 Å². The summed E-state index contributed by atoms with van der Waals surface area (Å²) >= 11 is 0. The summed E-state index contributed by atoms with van der Waals surface area (Å²) in [5, 5.41) is 10.6. The molecular weight excluding hydrogens is 1310 g/mol. The van der Waals surface area contributed by atoms with Gasteiger partial charge in [-0.05, 0) is 25.7 Å². The highest BCUT2D eigenvalue weighted by Gasteiger charge is 2.30. The normalized spacial score (nSPS) is 13.8. The fourth-order valence-corrected chi connectivity index (χ4v) is 14.2. The van der Waals surface area contributed by atoms with E-state index in [4.69, 9.17) is 37.0 Å². The molecule has 0 spiro atoms. The highest BCUT2D eigenvalue weighted by Crippen LogP contribution is 2.45. The first-order valence-electron chi connectivity index (χ1n) is 42.3. The highest BCUT2D eigenvalue weighted by atomic mass is 31.2. The zero-order valence-electron chi connectivity index (χ0n) is 65.2. The van der Waals surface area contributed by atoms with E-state index in [1.165, 1.54) is 263 Å². The van der Waals surface area contributed by atoms with Gasteiger partial charge in [-0.1, -0.05) is 387 Å². The second-order valence-corrected chi connectivity index (χ2v) is 32.1. The summed E-state index contributed by atoms with van der Waals surface area (Å²) in [6, 6.07) is 0. The van der Waals surface area contributed by atoms with Gasteiger partial charge in [0.25, 0.3) is 0 Å². The van der Waals surface area contributed by atoms with Crippen LogP contribution < -0.4 is 0 Å². The molecule has 0 heterocycles. The van der Waals surface area contributed by atoms with E-state index in [1.807, 2.05) is 0 Å². The third-order valence-corrected chi connectivity index (χ3v) is 21.0. The number of ether oxygens (including phenoxy) is 4. The van der Waals surface area contributed by atoms with E-state index in [1.54, 1.807) is 0 Å². The average Bonchev–Trinajstić information content (AvgIpc) is 0.916. The van der Waals surface area contributed by atoms with Crippen LogP contribution in [0, 0.1) is 0 Å². The Bertz CT molecular complexity index is 1890. The molecule has 0 bridgehead atoms. The van der Waals surface area contributed by atoms with Gasteiger partial charge in [0, 0.05) is 25.7 Å². The van der Waals surface area contributed by atoms with Crippen LogP contribution in [-0.2, 0) is 65.4 Å². The lowest BCUT2D eigenvalue weighted by atomic mass is 10.0. The minimum Gasteiger partial charge on any atom is -0.462 e. The molecule has 0 fully saturated rings. The van der Waals surface area contributed by atoms with E-state index >= 15 is 0 Å². The molecule has 2 unspecified atom stereocenters. The predicted molar refractivity (Wildman–Crippen MR) is 409 cm³/mol. The molecule has 0 aromatic heterocycles. The molecule has 0 aliphatic carbocycles. The van der Waals surface area contributed by atoms with E-state index in [0.29, 0.717) is 25.7 Å². The zero-order chi connectivity index (χ0) is 73.2. The number of esters is 4. The molecule has 0 amide bonds. The lowest BCUT2D eigenvalue weighted by molar-refractivity contribution is -0.161. The molecule has 17 nitrogen and oxygen atoms in total. The van der Waals surface area contributed by atoms with Crippen LogP contribution >= 0.6 is 15.6 Å². The molecule has 0 aromatic carbocycles. The van der Waals surface area contributed by atoms with Crippen molar-refractivity contribution in [2.24, 2.45) is 0 Å². The summed E-state index contributed by atoms with van der Waals surface area (Å²) in [5.41, 5.74) is 0. The number of carbonyl (C=O) groups is 4. The van der Waals surface area contributed by atoms with Gasteiger partial charge in [0.15, 0.2) is 12.2 Å². The third kappa shape index (κ3) is 74.3. The average molecular weight is 1470 g/mol. The van der Waals surface area contributed by atoms with Crippen molar-refractivity contribution in [3.05, 3.63) is 0 Å². The van der Waals surface area contributed by atoms with Gasteiger partial charge in [-0.2, -0.15) is 0 Å². The maximum atomic E-state index is 13.1. The van der Waals surface area contributed by atoms with Crippen molar-refractivity contribution in [3.8, 4) is 0 Å². The lowest BCUT2D eigenvalue weighted by Gasteiger charge is -2.21. The van der Waals surface area contributed by atoms with Crippen molar-refractivity contribution in [1.29, 1.82) is 0 Å². The molecule has 0 saturated carbocycles. The van der Waals surface area contributed by atoms with Crippen molar-refractivity contribution >= 4 is 39.5 Å². The van der Waals surface area contributed by atoms with Crippen molar-refractivity contribution in [2.75, 3.05) is 39.6 Å². The topological polar surface area (TPSA) is 237 Å². The summed E-state index contributed by atoms with van der Waals surface area (Å²) in [4.78, 5) is 72.7. The number of aliphatic hydroxyl groups excluding tert-OH is 1. The van der Waals surface area contributed by atoms with Crippen molar-refractivity contribution < 1.29 is 80.2 Å². The largest absolute Gasteiger partial charge is 0.472 e. The van der Waals surface area contributed by atoms with E-state index < -0.39 is 97.5 Å². The smallest absolute Gasteiger partial charge is 0.462 e. The van der Waals surface area contributed by atoms with Crippen molar-refractivity contribution in [1.82, 2.24) is 0 Å². The van der Waals surface area contributed by atoms with E-state index in [9.17, 15) is 43.2 Å². The fraction of sp³-hybridized carbons (Fsp3) is 0.951. The van der Waals surface area contributed by atoms with Crippen LogP contribution in [0.5, 0.6) is 0 Å². The van der Waals surface area contributed by atoms with Crippen molar-refractivity contribution in [2.45, 2.75) is 457 Å². The molecule has 3 N–H and O–H groups in total. The molecule has 0 rings (SSSR count). The zero-order valence-corrected chi connectivity index (χ0v) is 67.0. The minimum atomic E-state index is -4.96. The molecule has 0 aliphatic rings. The standard InChI is InChI=1S/C81H158O17P2/c1-5-9-13-17-20-23-26-29-32-35-36-37-38-39-41-44-47-50-53-56-60-64-68-81(86)98-77(72-92-79(84)66-62-58-54-51-48-45-43-40-33-30-27-24-21-18-14-10-6-2)74-96-100(89,90)94-70-75(82)69-93-99(87,88)95-73-76(71-91-78(83)65-61-57-16-12-8-4)97-80(85)67-63-59-55-52-49-46-42-34-31-28-25-22-19-15-11-7-3/h75-77,82H,5-74H2,1-4H3,(H,87,88)(H,89,90)/t75-,76+,77+/m0/s1. The Morgan fingerprint density at radius 1 is 0.240 bits per heavy atom. The molecule has 100 heavy (non-hydrogen) atoms. The van der Waals surface area contributed by atoms with Crippen LogP contribution in [0.4, 0.5) is 0 Å². The Kier molecular flexibility index (Phi) is 73.8. The number of hydrogen-bond acceptors (Lipinski definition) is 15. The predicted octanol–water partition coefficient (Wildman–Crippen LogP) is 24.6. The van der Waals surface area contributed by atoms with E-state index in [2.05, 4.69) is 27.7 Å². The second-order valence-electron chi connectivity index (χ2n) is 29.2. The van der Waals surface area contributed by atoms with Gasteiger partial charge in [-0.3, -0.25) is 37.3 Å². The van der Waals surface area contributed by atoms with Gasteiger partial charge >= 0.3 is 39.5 Å². The van der Waals surface area contributed by atoms with Crippen LogP contribution in [-0.4, -0.2) is 96.7 Å². The molecular formula is C81H158O17P2. The number of hydrogen-bond donors (Lipinski definition) is 3. The molecule has 5 atom stereocenters. The SMILES string of the molecule is CCCCCCCCCCCCCCCCCCCCCCCCC(=O)O[C@H](COC(=O)CCCCCCCCCCCCCCCCCCC)COP(=O)(O)OC[C@@H](O)COP(=O)(O)OC[C@@H](COC(=O)CCCCCCC)OC(=O)CCCCCCCCCCCCCCCCCC. The van der Waals surface area contributed by atoms with Crippen LogP contribution in [0.25, 0.3) is 0 Å². The Hall–Kier alpha value is -1.94. The number of aliphatic hydroxyl groups is 1. The van der Waals surface area contributed by atoms with Gasteiger partial charge in [0.1, 0.15) is 19.3 Å². The van der Waals surface area contributed by atoms with Crippen LogP contribution in [0.15, 0.2) is 0 Å². The number of phosphoric acid groups is 2. The number of carbonyl (C=O) groups excluding carboxylic acids is 4. The van der Waals surface area contributed by atoms with Crippen LogP contribution in [0.1, 0.15) is 439 Å². The first kappa shape index (κ1) is 98.1. The summed E-state index contributed by atoms with van der Waals surface area (Å²) in [5.74, 6) is -2.12. The molecule has 0 aliphatic heterocycles. The maximum Gasteiger partial charge on any atom is 0.472 e. The van der Waals surface area contributed by atoms with Gasteiger partial charge in [-0.15, -0.1) is 0 Å². The number of rotatable bonds is 82. The summed E-state index contributed by atoms with van der Waals surface area (Å²) in [7, 11) is -9.91. The Morgan fingerprint density at radius 3 is 0.590 bits per heavy atom. The highest BCUT2D eigenvalue weighted by molar-refractivity contribution is 7.47. The second kappa shape index (κ2) is 75.3. The van der Waals surface area contributed by atoms with Crippen LogP contribution in [0.2, 0.25) is 0 Å². The summed E-state index contributed by atoms with van der Waals surface area (Å²) in [6.07, 6.45) is 68.6. The number of unbranched alkanes of at least 4 members (excludes halogenated alkanes) is 56. The minimum absolute atomic E-state index is 0.108.